The largest absolute Gasteiger partial charge is 0.478 e. The van der Waals surface area contributed by atoms with Gasteiger partial charge < -0.3 is 20.3 Å². The number of nitro groups is 1. The van der Waals surface area contributed by atoms with Gasteiger partial charge in [0.1, 0.15) is 23.2 Å². The number of anilines is 1. The first kappa shape index (κ1) is 15.1. The lowest BCUT2D eigenvalue weighted by atomic mass is 9.96. The number of nitrogens with zero attached hydrogens (tertiary/aromatic N) is 2. The summed E-state index contributed by atoms with van der Waals surface area (Å²) in [7, 11) is 0. The molecular weight excluding hydrogens is 282 g/mol. The van der Waals surface area contributed by atoms with Crippen molar-refractivity contribution in [1.82, 2.24) is 4.98 Å². The van der Waals surface area contributed by atoms with E-state index in [0.29, 0.717) is 13.0 Å². The van der Waals surface area contributed by atoms with Gasteiger partial charge in [0.05, 0.1) is 11.0 Å². The van der Waals surface area contributed by atoms with Crippen LogP contribution in [-0.2, 0) is 4.74 Å². The zero-order chi connectivity index (χ0) is 15.6. The molecule has 2 rings (SSSR count). The average Bonchev–Trinajstić information content (AvgIpc) is 2.76. The van der Waals surface area contributed by atoms with Gasteiger partial charge in [-0.25, -0.2) is 9.78 Å². The third-order valence-corrected chi connectivity index (χ3v) is 3.54. The molecule has 1 aromatic rings. The molecule has 114 valence electrons. The van der Waals surface area contributed by atoms with Gasteiger partial charge in [-0.3, -0.25) is 10.1 Å². The van der Waals surface area contributed by atoms with Gasteiger partial charge >= 0.3 is 5.97 Å². The van der Waals surface area contributed by atoms with Crippen LogP contribution in [0.25, 0.3) is 0 Å². The van der Waals surface area contributed by atoms with Crippen LogP contribution in [0.3, 0.4) is 0 Å². The van der Waals surface area contributed by atoms with Gasteiger partial charge in [-0.05, 0) is 6.92 Å². The van der Waals surface area contributed by atoms with E-state index < -0.39 is 28.3 Å². The van der Waals surface area contributed by atoms with E-state index in [4.69, 9.17) is 9.84 Å². The van der Waals surface area contributed by atoms with Crippen molar-refractivity contribution >= 4 is 17.5 Å². The van der Waals surface area contributed by atoms with Crippen LogP contribution in [0.5, 0.6) is 0 Å². The first-order chi connectivity index (χ1) is 9.83. The minimum Gasteiger partial charge on any atom is -0.478 e. The summed E-state index contributed by atoms with van der Waals surface area (Å²) in [6, 6.07) is 0.927. The van der Waals surface area contributed by atoms with Gasteiger partial charge in [0.25, 0.3) is 5.69 Å². The minimum absolute atomic E-state index is 0.0272. The van der Waals surface area contributed by atoms with Crippen molar-refractivity contribution in [3.8, 4) is 0 Å². The second-order valence-electron chi connectivity index (χ2n) is 4.87. The molecule has 2 unspecified atom stereocenters. The summed E-state index contributed by atoms with van der Waals surface area (Å²) in [5, 5.41) is 32.8. The second kappa shape index (κ2) is 5.62. The quantitative estimate of drug-likeness (QED) is 0.532. The number of hydrogen-bond donors (Lipinski definition) is 3. The maximum atomic E-state index is 11.1. The highest BCUT2D eigenvalue weighted by molar-refractivity contribution is 5.93. The molecular formula is C12H15N3O6. The molecule has 0 amide bonds. The van der Waals surface area contributed by atoms with Gasteiger partial charge in [0, 0.05) is 25.6 Å². The number of rotatable bonds is 5. The zero-order valence-electron chi connectivity index (χ0n) is 11.3. The van der Waals surface area contributed by atoms with Crippen LogP contribution in [0.2, 0.25) is 0 Å². The number of carbonyl (C=O) groups is 1. The Hall–Kier alpha value is -2.26. The standard InChI is InChI=1S/C12H15N3O6/c1-7-12(18,2-3-21-7)6-14-10-9(11(16)17)4-8(5-13-10)15(19)20/h4-5,7,18H,2-3,6H2,1H3,(H,13,14)(H,16,17). The fourth-order valence-corrected chi connectivity index (χ4v) is 2.10. The number of aliphatic hydroxyl groups is 1. The van der Waals surface area contributed by atoms with Gasteiger partial charge in [0.2, 0.25) is 0 Å². The van der Waals surface area contributed by atoms with Crippen LogP contribution >= 0.6 is 0 Å². The number of aromatic nitrogens is 1. The molecule has 1 aliphatic rings. The lowest BCUT2D eigenvalue weighted by Gasteiger charge is -2.26. The molecule has 9 heteroatoms. The number of carboxylic acid groups (broad SMARTS) is 1. The van der Waals surface area contributed by atoms with E-state index >= 15 is 0 Å². The van der Waals surface area contributed by atoms with Crippen LogP contribution in [0, 0.1) is 10.1 Å². The molecule has 0 spiro atoms. The van der Waals surface area contributed by atoms with Crippen molar-refractivity contribution in [2.45, 2.75) is 25.0 Å². The summed E-state index contributed by atoms with van der Waals surface area (Å²) in [5.74, 6) is -1.36. The fraction of sp³-hybridized carbons (Fsp3) is 0.500. The molecule has 1 fully saturated rings. The highest BCUT2D eigenvalue weighted by Crippen LogP contribution is 2.27. The van der Waals surface area contributed by atoms with Gasteiger partial charge in [-0.1, -0.05) is 0 Å². The average molecular weight is 297 g/mol. The summed E-state index contributed by atoms with van der Waals surface area (Å²) in [5.41, 5.74) is -1.85. The van der Waals surface area contributed by atoms with Gasteiger partial charge in [-0.15, -0.1) is 0 Å². The molecule has 0 saturated carbocycles. The number of nitrogens with one attached hydrogen (secondary N) is 1. The smallest absolute Gasteiger partial charge is 0.339 e. The summed E-state index contributed by atoms with van der Waals surface area (Å²) in [6.07, 6.45) is 0.987. The summed E-state index contributed by atoms with van der Waals surface area (Å²) in [4.78, 5) is 24.8. The summed E-state index contributed by atoms with van der Waals surface area (Å²) >= 11 is 0. The molecule has 9 nitrogen and oxygen atoms in total. The SMILES string of the molecule is CC1OCCC1(O)CNc1ncc([N+](=O)[O-])cc1C(=O)O. The second-order valence-corrected chi connectivity index (χ2v) is 4.87. The number of aromatic carboxylic acids is 1. The maximum Gasteiger partial charge on any atom is 0.339 e. The van der Waals surface area contributed by atoms with E-state index in [0.717, 1.165) is 12.3 Å². The summed E-state index contributed by atoms with van der Waals surface area (Å²) in [6.45, 7) is 2.17. The predicted molar refractivity (Wildman–Crippen MR) is 71.3 cm³/mol. The Labute approximate surface area is 119 Å². The minimum atomic E-state index is -1.34. The molecule has 2 heterocycles. The van der Waals surface area contributed by atoms with E-state index in [2.05, 4.69) is 10.3 Å². The number of ether oxygens (including phenoxy) is 1. The number of hydrogen-bond acceptors (Lipinski definition) is 7. The van der Waals surface area contributed by atoms with E-state index in [-0.39, 0.29) is 17.9 Å². The molecule has 21 heavy (non-hydrogen) atoms. The van der Waals surface area contributed by atoms with E-state index in [1.54, 1.807) is 6.92 Å². The highest BCUT2D eigenvalue weighted by Gasteiger charge is 2.39. The molecule has 0 aliphatic carbocycles. The van der Waals surface area contributed by atoms with Crippen molar-refractivity contribution in [2.75, 3.05) is 18.5 Å². The molecule has 0 aromatic carbocycles. The van der Waals surface area contributed by atoms with Crippen LogP contribution in [0.4, 0.5) is 11.5 Å². The fourth-order valence-electron chi connectivity index (χ4n) is 2.10. The molecule has 3 N–H and O–H groups in total. The van der Waals surface area contributed by atoms with Crippen LogP contribution in [0.15, 0.2) is 12.3 Å². The molecule has 1 saturated heterocycles. The van der Waals surface area contributed by atoms with Crippen molar-refractivity contribution in [3.63, 3.8) is 0 Å². The van der Waals surface area contributed by atoms with Gasteiger partial charge in [-0.2, -0.15) is 0 Å². The van der Waals surface area contributed by atoms with Crippen LogP contribution in [-0.4, -0.2) is 50.9 Å². The normalized spacial score (nSPS) is 24.8. The maximum absolute atomic E-state index is 11.1. The van der Waals surface area contributed by atoms with Crippen molar-refractivity contribution in [3.05, 3.63) is 27.9 Å². The van der Waals surface area contributed by atoms with E-state index in [9.17, 15) is 20.0 Å². The predicted octanol–water partition coefficient (Wildman–Crippen LogP) is 0.640. The Morgan fingerprint density at radius 1 is 1.71 bits per heavy atom. The van der Waals surface area contributed by atoms with Crippen LogP contribution in [0.1, 0.15) is 23.7 Å². The van der Waals surface area contributed by atoms with Crippen LogP contribution < -0.4 is 5.32 Å². The third-order valence-electron chi connectivity index (χ3n) is 3.54. The lowest BCUT2D eigenvalue weighted by molar-refractivity contribution is -0.385. The molecule has 2 atom stereocenters. The first-order valence-electron chi connectivity index (χ1n) is 6.29. The lowest BCUT2D eigenvalue weighted by Crippen LogP contribution is -2.43. The van der Waals surface area contributed by atoms with Crippen molar-refractivity contribution in [1.29, 1.82) is 0 Å². The molecule has 0 radical (unpaired) electrons. The Morgan fingerprint density at radius 2 is 2.43 bits per heavy atom. The Bertz CT molecular complexity index is 578. The zero-order valence-corrected chi connectivity index (χ0v) is 11.3. The van der Waals surface area contributed by atoms with Crippen molar-refractivity contribution < 1.29 is 24.7 Å². The number of carboxylic acids is 1. The Balaban J connectivity index is 2.20. The summed E-state index contributed by atoms with van der Waals surface area (Å²) < 4.78 is 5.27. The highest BCUT2D eigenvalue weighted by atomic mass is 16.6. The first-order valence-corrected chi connectivity index (χ1v) is 6.29. The Morgan fingerprint density at radius 3 is 2.95 bits per heavy atom. The van der Waals surface area contributed by atoms with Crippen molar-refractivity contribution in [2.24, 2.45) is 0 Å². The third kappa shape index (κ3) is 3.09. The van der Waals surface area contributed by atoms with E-state index in [1.807, 2.05) is 0 Å². The monoisotopic (exact) mass is 297 g/mol. The number of pyridine rings is 1. The Kier molecular flexibility index (Phi) is 4.05. The molecule has 1 aromatic heterocycles. The van der Waals surface area contributed by atoms with Gasteiger partial charge in [0.15, 0.2) is 0 Å². The van der Waals surface area contributed by atoms with E-state index in [1.165, 1.54) is 0 Å². The molecule has 0 bridgehead atoms. The topological polar surface area (TPSA) is 135 Å². The molecule has 1 aliphatic heterocycles.